The van der Waals surface area contributed by atoms with Gasteiger partial charge in [0.15, 0.2) is 10.9 Å². The van der Waals surface area contributed by atoms with Crippen LogP contribution < -0.4 is 0 Å². The highest BCUT2D eigenvalue weighted by Gasteiger charge is 2.44. The molecule has 2 fully saturated rings. The first-order valence-electron chi connectivity index (χ1n) is 7.16. The lowest BCUT2D eigenvalue weighted by molar-refractivity contribution is -0.151. The number of ether oxygens (including phenoxy) is 2. The summed E-state index contributed by atoms with van der Waals surface area (Å²) < 4.78 is 49.6. The second-order valence-electron chi connectivity index (χ2n) is 5.78. The number of fused-ring (bicyclic) bond motifs is 2. The SMILES string of the molecule is CC(C)c1cc(C(F)(F)F)nc(S[C@@H]2CC(=O)[C@H]3OC[C@@H]2O3)n1. The Kier molecular flexibility index (Phi) is 4.37. The second-order valence-corrected chi connectivity index (χ2v) is 6.99. The number of aromatic nitrogens is 2. The van der Waals surface area contributed by atoms with E-state index in [1.165, 1.54) is 0 Å². The lowest BCUT2D eigenvalue weighted by atomic mass is 10.1. The number of hydrogen-bond acceptors (Lipinski definition) is 6. The van der Waals surface area contributed by atoms with Gasteiger partial charge in [-0.15, -0.1) is 0 Å². The molecule has 0 unspecified atom stereocenters. The van der Waals surface area contributed by atoms with Crippen molar-refractivity contribution in [2.45, 2.75) is 55.2 Å². The highest BCUT2D eigenvalue weighted by atomic mass is 32.2. The van der Waals surface area contributed by atoms with Gasteiger partial charge in [0.05, 0.1) is 12.7 Å². The minimum absolute atomic E-state index is 0.00951. The lowest BCUT2D eigenvalue weighted by Crippen LogP contribution is -2.37. The first kappa shape index (κ1) is 16.7. The van der Waals surface area contributed by atoms with Crippen LogP contribution in [0.4, 0.5) is 13.2 Å². The van der Waals surface area contributed by atoms with Gasteiger partial charge in [-0.05, 0) is 12.0 Å². The molecule has 126 valence electrons. The van der Waals surface area contributed by atoms with Crippen LogP contribution in [0.1, 0.15) is 37.6 Å². The molecule has 2 saturated heterocycles. The average Bonchev–Trinajstić information content (AvgIpc) is 2.89. The molecule has 0 amide bonds. The van der Waals surface area contributed by atoms with Crippen LogP contribution in [0, 0.1) is 0 Å². The van der Waals surface area contributed by atoms with Crippen LogP contribution in [0.3, 0.4) is 0 Å². The third kappa shape index (κ3) is 3.51. The Hall–Kier alpha value is -1.19. The van der Waals surface area contributed by atoms with E-state index in [0.29, 0.717) is 5.69 Å². The molecule has 0 N–H and O–H groups in total. The van der Waals surface area contributed by atoms with Gasteiger partial charge in [0.25, 0.3) is 0 Å². The van der Waals surface area contributed by atoms with Crippen LogP contribution in [0.2, 0.25) is 0 Å². The van der Waals surface area contributed by atoms with E-state index in [0.717, 1.165) is 17.8 Å². The molecule has 2 aliphatic rings. The monoisotopic (exact) mass is 348 g/mol. The summed E-state index contributed by atoms with van der Waals surface area (Å²) >= 11 is 1.04. The van der Waals surface area contributed by atoms with Crippen LogP contribution in [0.5, 0.6) is 0 Å². The molecule has 1 aromatic rings. The van der Waals surface area contributed by atoms with Gasteiger partial charge in [0.2, 0.25) is 6.29 Å². The van der Waals surface area contributed by atoms with E-state index in [1.807, 2.05) is 0 Å². The molecule has 1 aromatic heterocycles. The molecule has 5 nitrogen and oxygen atoms in total. The summed E-state index contributed by atoms with van der Waals surface area (Å²) in [6.45, 7) is 3.78. The maximum atomic E-state index is 13.0. The van der Waals surface area contributed by atoms with Gasteiger partial charge in [-0.3, -0.25) is 4.79 Å². The van der Waals surface area contributed by atoms with Crippen molar-refractivity contribution in [3.05, 3.63) is 17.5 Å². The van der Waals surface area contributed by atoms with Gasteiger partial charge in [-0.2, -0.15) is 13.2 Å². The van der Waals surface area contributed by atoms with E-state index in [4.69, 9.17) is 9.47 Å². The Morgan fingerprint density at radius 1 is 1.35 bits per heavy atom. The first-order chi connectivity index (χ1) is 10.7. The summed E-state index contributed by atoms with van der Waals surface area (Å²) in [5, 5.41) is -0.333. The molecule has 0 radical (unpaired) electrons. The molecular weight excluding hydrogens is 333 g/mol. The van der Waals surface area contributed by atoms with Crippen molar-refractivity contribution in [1.82, 2.24) is 9.97 Å². The van der Waals surface area contributed by atoms with Crippen LogP contribution in [0.25, 0.3) is 0 Å². The van der Waals surface area contributed by atoms with Gasteiger partial charge >= 0.3 is 6.18 Å². The van der Waals surface area contributed by atoms with Gasteiger partial charge in [0.1, 0.15) is 5.69 Å². The fourth-order valence-corrected chi connectivity index (χ4v) is 3.52. The Bertz CT molecular complexity index is 624. The number of rotatable bonds is 3. The van der Waals surface area contributed by atoms with Crippen molar-refractivity contribution in [2.75, 3.05) is 6.61 Å². The number of Topliss-reactive ketones (excluding diaryl/α,β-unsaturated/α-hetero) is 1. The van der Waals surface area contributed by atoms with Crippen molar-refractivity contribution in [3.63, 3.8) is 0 Å². The predicted octanol–water partition coefficient (Wildman–Crippen LogP) is 2.79. The number of carbonyl (C=O) groups excluding carboxylic acids is 1. The largest absolute Gasteiger partial charge is 0.433 e. The van der Waals surface area contributed by atoms with E-state index < -0.39 is 18.2 Å². The fourth-order valence-electron chi connectivity index (χ4n) is 2.40. The topological polar surface area (TPSA) is 61.3 Å². The Morgan fingerprint density at radius 3 is 2.74 bits per heavy atom. The van der Waals surface area contributed by atoms with E-state index >= 15 is 0 Å². The summed E-state index contributed by atoms with van der Waals surface area (Å²) in [7, 11) is 0. The smallest absolute Gasteiger partial charge is 0.343 e. The molecule has 23 heavy (non-hydrogen) atoms. The Labute approximate surface area is 135 Å². The summed E-state index contributed by atoms with van der Waals surface area (Å²) in [6.07, 6.45) is -5.52. The van der Waals surface area contributed by atoms with E-state index in [-0.39, 0.29) is 41.2 Å². The predicted molar refractivity (Wildman–Crippen MR) is 75.0 cm³/mol. The average molecular weight is 348 g/mol. The number of ketones is 1. The normalized spacial score (nSPS) is 27.7. The van der Waals surface area contributed by atoms with Crippen LogP contribution in [0.15, 0.2) is 11.2 Å². The van der Waals surface area contributed by atoms with E-state index in [2.05, 4.69) is 9.97 Å². The first-order valence-corrected chi connectivity index (χ1v) is 8.04. The zero-order valence-corrected chi connectivity index (χ0v) is 13.3. The maximum absolute atomic E-state index is 13.0. The fraction of sp³-hybridized carbons (Fsp3) is 0.643. The molecule has 2 bridgehead atoms. The van der Waals surface area contributed by atoms with Gasteiger partial charge < -0.3 is 9.47 Å². The molecule has 3 rings (SSSR count). The summed E-state index contributed by atoms with van der Waals surface area (Å²) in [5.74, 6) is -0.366. The zero-order valence-electron chi connectivity index (χ0n) is 12.5. The number of hydrogen-bond donors (Lipinski definition) is 0. The number of halogens is 3. The van der Waals surface area contributed by atoms with Crippen molar-refractivity contribution in [3.8, 4) is 0 Å². The molecular formula is C14H15F3N2O3S. The van der Waals surface area contributed by atoms with Crippen molar-refractivity contribution >= 4 is 17.5 Å². The van der Waals surface area contributed by atoms with Crippen molar-refractivity contribution in [2.24, 2.45) is 0 Å². The van der Waals surface area contributed by atoms with Crippen LogP contribution in [-0.4, -0.2) is 40.0 Å². The second kappa shape index (κ2) is 6.03. The third-order valence-electron chi connectivity index (χ3n) is 3.65. The summed E-state index contributed by atoms with van der Waals surface area (Å²) in [6, 6.07) is 0.964. The maximum Gasteiger partial charge on any atom is 0.433 e. The van der Waals surface area contributed by atoms with Gasteiger partial charge in [-0.1, -0.05) is 25.6 Å². The minimum atomic E-state index is -4.54. The van der Waals surface area contributed by atoms with Gasteiger partial charge in [0, 0.05) is 17.4 Å². The standard InChI is InChI=1S/C14H15F3N2O3S/c1-6(2)7-3-11(14(15,16)17)19-13(18-7)23-10-4-8(20)12-21-5-9(10)22-12/h3,6,9-10,12H,4-5H2,1-2H3/t9-,10+,12-/m0/s1. The Morgan fingerprint density at radius 2 is 2.09 bits per heavy atom. The zero-order chi connectivity index (χ0) is 16.8. The minimum Gasteiger partial charge on any atom is -0.343 e. The third-order valence-corrected chi connectivity index (χ3v) is 4.82. The number of thioether (sulfide) groups is 1. The van der Waals surface area contributed by atoms with E-state index in [9.17, 15) is 18.0 Å². The van der Waals surface area contributed by atoms with E-state index in [1.54, 1.807) is 13.8 Å². The van der Waals surface area contributed by atoms with Crippen LogP contribution in [-0.2, 0) is 20.4 Å². The number of alkyl halides is 3. The van der Waals surface area contributed by atoms with Crippen LogP contribution >= 0.6 is 11.8 Å². The lowest BCUT2D eigenvalue weighted by Gasteiger charge is -2.25. The highest BCUT2D eigenvalue weighted by Crippen LogP contribution is 2.37. The molecule has 0 spiro atoms. The highest BCUT2D eigenvalue weighted by molar-refractivity contribution is 7.99. The van der Waals surface area contributed by atoms with Crippen molar-refractivity contribution < 1.29 is 27.4 Å². The van der Waals surface area contributed by atoms with Gasteiger partial charge in [-0.25, -0.2) is 9.97 Å². The molecule has 0 aliphatic carbocycles. The molecule has 3 heterocycles. The number of nitrogens with zero attached hydrogens (tertiary/aromatic N) is 2. The molecule has 9 heteroatoms. The molecule has 0 saturated carbocycles. The number of carbonyl (C=O) groups is 1. The Balaban J connectivity index is 1.87. The molecule has 2 aliphatic heterocycles. The molecule has 3 atom stereocenters. The summed E-state index contributed by atoms with van der Waals surface area (Å²) in [5.41, 5.74) is -0.652. The van der Waals surface area contributed by atoms with Crippen molar-refractivity contribution in [1.29, 1.82) is 0 Å². The quantitative estimate of drug-likeness (QED) is 0.783. The summed E-state index contributed by atoms with van der Waals surface area (Å²) in [4.78, 5) is 19.6. The molecule has 0 aromatic carbocycles.